The molecule has 0 aliphatic heterocycles. The van der Waals surface area contributed by atoms with Crippen LogP contribution < -0.4 is 4.74 Å². The van der Waals surface area contributed by atoms with Gasteiger partial charge >= 0.3 is 0 Å². The van der Waals surface area contributed by atoms with Gasteiger partial charge < -0.3 is 9.26 Å². The summed E-state index contributed by atoms with van der Waals surface area (Å²) < 4.78 is 10.8. The van der Waals surface area contributed by atoms with Crippen LogP contribution in [0.3, 0.4) is 0 Å². The van der Waals surface area contributed by atoms with Gasteiger partial charge in [0.2, 0.25) is 11.7 Å². The third-order valence-electron chi connectivity index (χ3n) is 4.02. The second kappa shape index (κ2) is 7.09. The molecular formula is C20H17N3O2S. The van der Waals surface area contributed by atoms with Gasteiger partial charge in [-0.15, -0.1) is 11.3 Å². The zero-order valence-electron chi connectivity index (χ0n) is 14.5. The van der Waals surface area contributed by atoms with Crippen molar-refractivity contribution in [3.8, 4) is 28.4 Å². The highest BCUT2D eigenvalue weighted by molar-refractivity contribution is 7.10. The first kappa shape index (κ1) is 16.5. The van der Waals surface area contributed by atoms with E-state index in [1.807, 2.05) is 24.3 Å². The van der Waals surface area contributed by atoms with Crippen molar-refractivity contribution in [2.75, 3.05) is 7.11 Å². The lowest BCUT2D eigenvalue weighted by Gasteiger charge is -2.02. The Morgan fingerprint density at radius 2 is 1.85 bits per heavy atom. The van der Waals surface area contributed by atoms with Crippen LogP contribution >= 0.6 is 11.3 Å². The van der Waals surface area contributed by atoms with E-state index in [1.54, 1.807) is 18.4 Å². The Labute approximate surface area is 155 Å². The maximum atomic E-state index is 5.40. The van der Waals surface area contributed by atoms with Crippen molar-refractivity contribution in [2.24, 2.45) is 0 Å². The van der Waals surface area contributed by atoms with Gasteiger partial charge in [0.15, 0.2) is 0 Å². The van der Waals surface area contributed by atoms with Crippen molar-refractivity contribution < 1.29 is 9.26 Å². The molecule has 5 nitrogen and oxygen atoms in total. The number of para-hydroxylation sites is 1. The van der Waals surface area contributed by atoms with Gasteiger partial charge in [0.25, 0.3) is 0 Å². The van der Waals surface area contributed by atoms with Gasteiger partial charge in [0, 0.05) is 10.9 Å². The molecule has 130 valence electrons. The molecule has 0 aliphatic carbocycles. The molecule has 0 saturated carbocycles. The molecule has 0 spiro atoms. The van der Waals surface area contributed by atoms with E-state index in [0.717, 1.165) is 27.6 Å². The standard InChI is InChI=1S/C20H17N3O2S/c1-13-7-9-14(10-8-13)16-12-26-19(21-16)11-18-22-20(23-25-18)15-5-3-4-6-17(15)24-2/h3-10,12H,11H2,1-2H3. The van der Waals surface area contributed by atoms with Crippen LogP contribution in [-0.2, 0) is 6.42 Å². The van der Waals surface area contributed by atoms with Crippen LogP contribution in [0.25, 0.3) is 22.6 Å². The molecule has 0 unspecified atom stereocenters. The van der Waals surface area contributed by atoms with Gasteiger partial charge in [-0.1, -0.05) is 47.1 Å². The van der Waals surface area contributed by atoms with E-state index in [-0.39, 0.29) is 0 Å². The second-order valence-electron chi connectivity index (χ2n) is 5.88. The van der Waals surface area contributed by atoms with E-state index in [2.05, 4.69) is 51.7 Å². The summed E-state index contributed by atoms with van der Waals surface area (Å²) in [5.41, 5.74) is 4.12. The molecule has 0 saturated heterocycles. The van der Waals surface area contributed by atoms with E-state index >= 15 is 0 Å². The summed E-state index contributed by atoms with van der Waals surface area (Å²) in [5, 5.41) is 7.07. The second-order valence-corrected chi connectivity index (χ2v) is 6.82. The molecular weight excluding hydrogens is 346 g/mol. The first-order valence-electron chi connectivity index (χ1n) is 8.20. The summed E-state index contributed by atoms with van der Waals surface area (Å²) in [6, 6.07) is 16.0. The molecule has 2 heterocycles. The number of hydrogen-bond donors (Lipinski definition) is 0. The molecule has 0 atom stereocenters. The number of hydrogen-bond acceptors (Lipinski definition) is 6. The molecule has 6 heteroatoms. The average molecular weight is 363 g/mol. The zero-order chi connectivity index (χ0) is 17.9. The minimum Gasteiger partial charge on any atom is -0.496 e. The van der Waals surface area contributed by atoms with Gasteiger partial charge in [-0.3, -0.25) is 0 Å². The number of methoxy groups -OCH3 is 1. The fourth-order valence-corrected chi connectivity index (χ4v) is 3.44. The molecule has 26 heavy (non-hydrogen) atoms. The van der Waals surface area contributed by atoms with Crippen LogP contribution in [0.5, 0.6) is 5.75 Å². The molecule has 0 amide bonds. The van der Waals surface area contributed by atoms with E-state index in [4.69, 9.17) is 9.26 Å². The summed E-state index contributed by atoms with van der Waals surface area (Å²) in [4.78, 5) is 9.17. The van der Waals surface area contributed by atoms with E-state index in [1.165, 1.54) is 5.56 Å². The van der Waals surface area contributed by atoms with Crippen LogP contribution in [0.4, 0.5) is 0 Å². The number of aromatic nitrogens is 3. The van der Waals surface area contributed by atoms with Crippen LogP contribution in [0.2, 0.25) is 0 Å². The molecule has 0 radical (unpaired) electrons. The molecule has 4 rings (SSSR count). The third kappa shape index (κ3) is 3.36. The van der Waals surface area contributed by atoms with E-state index in [0.29, 0.717) is 18.1 Å². The first-order valence-corrected chi connectivity index (χ1v) is 9.08. The molecule has 2 aromatic heterocycles. The fourth-order valence-electron chi connectivity index (χ4n) is 2.64. The Bertz CT molecular complexity index is 1020. The van der Waals surface area contributed by atoms with Gasteiger partial charge in [0.05, 0.1) is 24.8 Å². The minimum absolute atomic E-state index is 0.513. The number of thiazole rings is 1. The largest absolute Gasteiger partial charge is 0.496 e. The Kier molecular flexibility index (Phi) is 4.50. The van der Waals surface area contributed by atoms with Crippen LogP contribution in [0.1, 0.15) is 16.5 Å². The quantitative estimate of drug-likeness (QED) is 0.511. The van der Waals surface area contributed by atoms with Gasteiger partial charge in [-0.05, 0) is 19.1 Å². The highest BCUT2D eigenvalue weighted by atomic mass is 32.1. The number of rotatable bonds is 5. The van der Waals surface area contributed by atoms with Crippen molar-refractivity contribution >= 4 is 11.3 Å². The summed E-state index contributed by atoms with van der Waals surface area (Å²) in [6.07, 6.45) is 0.513. The van der Waals surface area contributed by atoms with E-state index in [9.17, 15) is 0 Å². The van der Waals surface area contributed by atoms with Crippen LogP contribution in [-0.4, -0.2) is 22.2 Å². The van der Waals surface area contributed by atoms with Crippen molar-refractivity contribution in [1.29, 1.82) is 0 Å². The molecule has 0 bridgehead atoms. The van der Waals surface area contributed by atoms with Gasteiger partial charge in [-0.25, -0.2) is 4.98 Å². The maximum Gasteiger partial charge on any atom is 0.233 e. The minimum atomic E-state index is 0.513. The molecule has 0 fully saturated rings. The third-order valence-corrected chi connectivity index (χ3v) is 4.87. The van der Waals surface area contributed by atoms with Crippen molar-refractivity contribution in [1.82, 2.24) is 15.1 Å². The topological polar surface area (TPSA) is 61.0 Å². The maximum absolute atomic E-state index is 5.40. The highest BCUT2D eigenvalue weighted by Crippen LogP contribution is 2.28. The summed E-state index contributed by atoms with van der Waals surface area (Å²) in [7, 11) is 1.63. The van der Waals surface area contributed by atoms with Crippen molar-refractivity contribution in [3.05, 3.63) is 70.4 Å². The predicted octanol–water partition coefficient (Wildman–Crippen LogP) is 4.77. The SMILES string of the molecule is COc1ccccc1-c1noc(Cc2nc(-c3ccc(C)cc3)cs2)n1. The summed E-state index contributed by atoms with van der Waals surface area (Å²) >= 11 is 1.59. The lowest BCUT2D eigenvalue weighted by atomic mass is 10.1. The number of benzene rings is 2. The molecule has 0 aliphatic rings. The van der Waals surface area contributed by atoms with Gasteiger partial charge in [0.1, 0.15) is 10.8 Å². The molecule has 0 N–H and O–H groups in total. The first-order chi connectivity index (χ1) is 12.7. The highest BCUT2D eigenvalue weighted by Gasteiger charge is 2.14. The molecule has 4 aromatic rings. The van der Waals surface area contributed by atoms with E-state index < -0.39 is 0 Å². The monoisotopic (exact) mass is 363 g/mol. The predicted molar refractivity (Wildman–Crippen MR) is 101 cm³/mol. The van der Waals surface area contributed by atoms with Crippen LogP contribution in [0.15, 0.2) is 58.4 Å². The summed E-state index contributed by atoms with van der Waals surface area (Å²) in [6.45, 7) is 2.07. The number of nitrogens with zero attached hydrogens (tertiary/aromatic N) is 3. The number of aryl methyl sites for hydroxylation is 1. The Hall–Kier alpha value is -2.99. The van der Waals surface area contributed by atoms with Gasteiger partial charge in [-0.2, -0.15) is 4.98 Å². The average Bonchev–Trinajstić information content (AvgIpc) is 3.32. The Morgan fingerprint density at radius 3 is 2.65 bits per heavy atom. The normalized spacial score (nSPS) is 10.8. The zero-order valence-corrected chi connectivity index (χ0v) is 15.3. The van der Waals surface area contributed by atoms with Crippen LogP contribution in [0, 0.1) is 6.92 Å². The summed E-state index contributed by atoms with van der Waals surface area (Å²) in [5.74, 6) is 1.78. The lowest BCUT2D eigenvalue weighted by Crippen LogP contribution is -1.90. The Morgan fingerprint density at radius 1 is 1.04 bits per heavy atom. The van der Waals surface area contributed by atoms with Crippen molar-refractivity contribution in [3.63, 3.8) is 0 Å². The van der Waals surface area contributed by atoms with Crippen molar-refractivity contribution in [2.45, 2.75) is 13.3 Å². The fraction of sp³-hybridized carbons (Fsp3) is 0.150. The Balaban J connectivity index is 1.54. The lowest BCUT2D eigenvalue weighted by molar-refractivity contribution is 0.384. The molecule has 2 aromatic carbocycles. The smallest absolute Gasteiger partial charge is 0.233 e. The number of ether oxygens (including phenoxy) is 1.